The highest BCUT2D eigenvalue weighted by Crippen LogP contribution is 2.20. The van der Waals surface area contributed by atoms with Crippen molar-refractivity contribution in [2.24, 2.45) is 0 Å². The van der Waals surface area contributed by atoms with Crippen molar-refractivity contribution < 1.29 is 4.79 Å². The number of nitrogens with zero attached hydrogens (tertiary/aromatic N) is 1. The van der Waals surface area contributed by atoms with Crippen LogP contribution < -0.4 is 0 Å². The topological polar surface area (TPSA) is 20.3 Å². The van der Waals surface area contributed by atoms with E-state index in [4.69, 9.17) is 11.6 Å². The monoisotopic (exact) mass is 317 g/mol. The Bertz CT molecular complexity index is 379. The first-order valence-corrected chi connectivity index (χ1v) is 7.05. The molecular formula is C13H17BrClNO. The summed E-state index contributed by atoms with van der Waals surface area (Å²) in [6.07, 6.45) is 0.620. The van der Waals surface area contributed by atoms with E-state index in [0.29, 0.717) is 11.4 Å². The maximum atomic E-state index is 12.1. The minimum Gasteiger partial charge on any atom is -0.342 e. The Morgan fingerprint density at radius 1 is 1.35 bits per heavy atom. The molecule has 1 atom stereocenters. The largest absolute Gasteiger partial charge is 0.342 e. The van der Waals surface area contributed by atoms with Crippen molar-refractivity contribution in [3.8, 4) is 0 Å². The second-order valence-corrected chi connectivity index (χ2v) is 5.29. The van der Waals surface area contributed by atoms with E-state index in [1.54, 1.807) is 0 Å². The summed E-state index contributed by atoms with van der Waals surface area (Å²) in [5.41, 5.74) is 0.997. The van der Waals surface area contributed by atoms with E-state index >= 15 is 0 Å². The number of carbonyl (C=O) groups is 1. The third kappa shape index (κ3) is 4.00. The summed E-state index contributed by atoms with van der Waals surface area (Å²) in [6.45, 7) is 5.44. The summed E-state index contributed by atoms with van der Waals surface area (Å²) in [4.78, 5) is 13.7. The number of amides is 1. The number of hydrogen-bond acceptors (Lipinski definition) is 1. The Morgan fingerprint density at radius 2 is 1.94 bits per heavy atom. The van der Waals surface area contributed by atoms with Crippen LogP contribution in [0, 0.1) is 0 Å². The molecule has 0 fully saturated rings. The standard InChI is InChI=1S/C13H17BrClNO/c1-3-16(4-2)13(17)11(14)9-10-7-5-6-8-12(10)15/h5-8,11H,3-4,9H2,1-2H3. The predicted molar refractivity (Wildman–Crippen MR) is 75.8 cm³/mol. The molecule has 0 saturated heterocycles. The van der Waals surface area contributed by atoms with Crippen molar-refractivity contribution in [1.29, 1.82) is 0 Å². The SMILES string of the molecule is CCN(CC)C(=O)C(Br)Cc1ccccc1Cl. The van der Waals surface area contributed by atoms with Crippen molar-refractivity contribution in [2.45, 2.75) is 25.1 Å². The van der Waals surface area contributed by atoms with E-state index in [-0.39, 0.29) is 10.7 Å². The molecule has 0 heterocycles. The molecule has 0 aromatic heterocycles. The summed E-state index contributed by atoms with van der Waals surface area (Å²) in [7, 11) is 0. The Labute approximate surface area is 116 Å². The summed E-state index contributed by atoms with van der Waals surface area (Å²) >= 11 is 9.52. The van der Waals surface area contributed by atoms with Gasteiger partial charge < -0.3 is 4.90 Å². The van der Waals surface area contributed by atoms with E-state index in [2.05, 4.69) is 15.9 Å². The van der Waals surface area contributed by atoms with Gasteiger partial charge in [-0.15, -0.1) is 0 Å². The molecule has 2 nitrogen and oxygen atoms in total. The second-order valence-electron chi connectivity index (χ2n) is 3.77. The van der Waals surface area contributed by atoms with Crippen molar-refractivity contribution in [2.75, 3.05) is 13.1 Å². The van der Waals surface area contributed by atoms with Gasteiger partial charge in [0.1, 0.15) is 0 Å². The number of alkyl halides is 1. The molecule has 1 amide bonds. The van der Waals surface area contributed by atoms with Gasteiger partial charge in [-0.1, -0.05) is 45.7 Å². The molecule has 1 rings (SSSR count). The van der Waals surface area contributed by atoms with Gasteiger partial charge in [0.2, 0.25) is 5.91 Å². The van der Waals surface area contributed by atoms with E-state index in [9.17, 15) is 4.79 Å². The highest BCUT2D eigenvalue weighted by molar-refractivity contribution is 9.10. The Hall–Kier alpha value is -0.540. The Balaban J connectivity index is 2.69. The molecule has 0 aliphatic carbocycles. The van der Waals surface area contributed by atoms with Gasteiger partial charge in [-0.05, 0) is 31.9 Å². The molecule has 1 aromatic carbocycles. The first kappa shape index (κ1) is 14.5. The highest BCUT2D eigenvalue weighted by atomic mass is 79.9. The molecule has 94 valence electrons. The minimum absolute atomic E-state index is 0.120. The fourth-order valence-corrected chi connectivity index (χ4v) is 2.53. The zero-order valence-electron chi connectivity index (χ0n) is 10.1. The number of carbonyl (C=O) groups excluding carboxylic acids is 1. The molecule has 0 spiro atoms. The van der Waals surface area contributed by atoms with Crippen molar-refractivity contribution >= 4 is 33.4 Å². The average Bonchev–Trinajstić information content (AvgIpc) is 2.33. The van der Waals surface area contributed by atoms with Gasteiger partial charge in [0.25, 0.3) is 0 Å². The van der Waals surface area contributed by atoms with Crippen LogP contribution in [0.5, 0.6) is 0 Å². The zero-order valence-corrected chi connectivity index (χ0v) is 12.5. The van der Waals surface area contributed by atoms with Crippen LogP contribution in [0.1, 0.15) is 19.4 Å². The lowest BCUT2D eigenvalue weighted by Crippen LogP contribution is -2.37. The Morgan fingerprint density at radius 3 is 2.47 bits per heavy atom. The molecule has 1 unspecified atom stereocenters. The zero-order chi connectivity index (χ0) is 12.8. The molecule has 0 saturated carbocycles. The first-order valence-electron chi connectivity index (χ1n) is 5.76. The fourth-order valence-electron chi connectivity index (χ4n) is 1.68. The van der Waals surface area contributed by atoms with E-state index in [0.717, 1.165) is 18.7 Å². The normalized spacial score (nSPS) is 12.2. The first-order chi connectivity index (χ1) is 8.10. The van der Waals surface area contributed by atoms with Gasteiger partial charge >= 0.3 is 0 Å². The van der Waals surface area contributed by atoms with Gasteiger partial charge in [-0.2, -0.15) is 0 Å². The second kappa shape index (κ2) is 7.02. The minimum atomic E-state index is -0.206. The Kier molecular flexibility index (Phi) is 6.00. The van der Waals surface area contributed by atoms with Gasteiger partial charge in [0.15, 0.2) is 0 Å². The quantitative estimate of drug-likeness (QED) is 0.761. The third-order valence-electron chi connectivity index (χ3n) is 2.70. The lowest BCUT2D eigenvalue weighted by Gasteiger charge is -2.22. The lowest BCUT2D eigenvalue weighted by atomic mass is 10.1. The molecule has 4 heteroatoms. The number of rotatable bonds is 5. The van der Waals surface area contributed by atoms with Gasteiger partial charge in [-0.3, -0.25) is 4.79 Å². The fraction of sp³-hybridized carbons (Fsp3) is 0.462. The summed E-state index contributed by atoms with van der Waals surface area (Å²) in [6, 6.07) is 7.62. The molecule has 17 heavy (non-hydrogen) atoms. The summed E-state index contributed by atoms with van der Waals surface area (Å²) in [5.74, 6) is 0.120. The van der Waals surface area contributed by atoms with Crippen molar-refractivity contribution in [3.63, 3.8) is 0 Å². The maximum absolute atomic E-state index is 12.1. The maximum Gasteiger partial charge on any atom is 0.236 e. The van der Waals surface area contributed by atoms with Crippen LogP contribution >= 0.6 is 27.5 Å². The molecular weight excluding hydrogens is 302 g/mol. The van der Waals surface area contributed by atoms with E-state index in [1.165, 1.54) is 0 Å². The van der Waals surface area contributed by atoms with Crippen LogP contribution in [0.4, 0.5) is 0 Å². The molecule has 1 aromatic rings. The van der Waals surface area contributed by atoms with Crippen LogP contribution in [0.15, 0.2) is 24.3 Å². The van der Waals surface area contributed by atoms with Crippen LogP contribution in [0.25, 0.3) is 0 Å². The molecule has 0 aliphatic rings. The van der Waals surface area contributed by atoms with Crippen LogP contribution in [0.2, 0.25) is 5.02 Å². The van der Waals surface area contributed by atoms with Crippen molar-refractivity contribution in [1.82, 2.24) is 4.90 Å². The van der Waals surface area contributed by atoms with E-state index in [1.807, 2.05) is 43.0 Å². The van der Waals surface area contributed by atoms with Gasteiger partial charge in [-0.25, -0.2) is 0 Å². The van der Waals surface area contributed by atoms with Gasteiger partial charge in [0, 0.05) is 18.1 Å². The molecule has 0 aliphatic heterocycles. The average molecular weight is 319 g/mol. The smallest absolute Gasteiger partial charge is 0.236 e. The summed E-state index contributed by atoms with van der Waals surface area (Å²) in [5, 5.41) is 0.712. The third-order valence-corrected chi connectivity index (χ3v) is 3.78. The van der Waals surface area contributed by atoms with Crippen LogP contribution in [-0.4, -0.2) is 28.7 Å². The number of benzene rings is 1. The van der Waals surface area contributed by atoms with Crippen LogP contribution in [0.3, 0.4) is 0 Å². The van der Waals surface area contributed by atoms with Crippen molar-refractivity contribution in [3.05, 3.63) is 34.9 Å². The lowest BCUT2D eigenvalue weighted by molar-refractivity contribution is -0.130. The summed E-state index contributed by atoms with van der Waals surface area (Å²) < 4.78 is 0. The van der Waals surface area contributed by atoms with Gasteiger partial charge in [0.05, 0.1) is 4.83 Å². The van der Waals surface area contributed by atoms with Crippen LogP contribution in [-0.2, 0) is 11.2 Å². The molecule has 0 bridgehead atoms. The molecule has 0 radical (unpaired) electrons. The number of hydrogen-bond donors (Lipinski definition) is 0. The predicted octanol–water partition coefficient (Wildman–Crippen LogP) is 3.51. The number of halogens is 2. The van der Waals surface area contributed by atoms with E-state index < -0.39 is 0 Å². The molecule has 0 N–H and O–H groups in total. The highest BCUT2D eigenvalue weighted by Gasteiger charge is 2.20.